The maximum atomic E-state index is 10.2. The number of phenols is 1. The molecule has 17 heteroatoms. The van der Waals surface area contributed by atoms with Crippen molar-refractivity contribution in [2.75, 3.05) is 0 Å². The van der Waals surface area contributed by atoms with Gasteiger partial charge in [-0.05, 0) is 24.5 Å². The molecule has 0 bridgehead atoms. The third-order valence-electron chi connectivity index (χ3n) is 4.04. The fraction of sp³-hybridized carbons (Fsp3) is 0.579. The van der Waals surface area contributed by atoms with Crippen LogP contribution in [0.3, 0.4) is 0 Å². The Balaban J connectivity index is -0.000000143. The molecule has 1 unspecified atom stereocenters. The molecule has 0 aliphatic heterocycles. The van der Waals surface area contributed by atoms with Crippen LogP contribution in [0.25, 0.3) is 0 Å². The molecule has 0 aromatic heterocycles. The molecule has 1 rings (SSSR count). The Bertz CT molecular complexity index is 857. The topological polar surface area (TPSA) is 227 Å². The average molecular weight is 588 g/mol. The third kappa shape index (κ3) is 33.0. The first-order valence-electron chi connectivity index (χ1n) is 10.1. The van der Waals surface area contributed by atoms with Gasteiger partial charge in [-0.15, -0.1) is 0 Å². The first-order valence-corrected chi connectivity index (χ1v) is 13.1. The summed E-state index contributed by atoms with van der Waals surface area (Å²) in [6, 6.07) is 7.67. The monoisotopic (exact) mass is 588 g/mol. The second kappa shape index (κ2) is 26.2. The van der Waals surface area contributed by atoms with Crippen molar-refractivity contribution in [2.24, 2.45) is 0 Å². The molecule has 0 heterocycles. The summed E-state index contributed by atoms with van der Waals surface area (Å²) in [6.07, 6.45) is 9.13. The molecule has 0 saturated carbocycles. The molecule has 1 atom stereocenters. The fourth-order valence-corrected chi connectivity index (χ4v) is 3.08. The molecular weight excluding hydrogens is 552 g/mol. The molecule has 0 radical (unpaired) electrons. The number of aryl methyl sites for hydroxylation is 1. The molecule has 1 aromatic rings. The molecule has 0 amide bonds. The zero-order valence-corrected chi connectivity index (χ0v) is 20.0. The Hall–Kier alpha value is 0.980. The number of carboxylic acid groups (broad SMARTS) is 2. The van der Waals surface area contributed by atoms with Crippen LogP contribution >= 0.6 is 7.82 Å². The van der Waals surface area contributed by atoms with Gasteiger partial charge in [-0.1, -0.05) is 63.6 Å². The zero-order valence-electron chi connectivity index (χ0n) is 18.3. The summed E-state index contributed by atoms with van der Waals surface area (Å²) in [5.74, 6) is -3.05. The molecule has 0 saturated heterocycles. The Morgan fingerprint density at radius 1 is 0.889 bits per heavy atom. The predicted octanol–water partition coefficient (Wildman–Crippen LogP) is 0.613. The van der Waals surface area contributed by atoms with Crippen molar-refractivity contribution in [3.63, 3.8) is 0 Å². The number of aromatic hydroxyl groups is 1. The van der Waals surface area contributed by atoms with Gasteiger partial charge in [-0.2, -0.15) is 8.42 Å². The molecule has 7 N–H and O–H groups in total. The van der Waals surface area contributed by atoms with E-state index in [1.807, 2.05) is 18.2 Å². The average Bonchev–Trinajstić information content (AvgIpc) is 2.65. The van der Waals surface area contributed by atoms with Gasteiger partial charge in [0.25, 0.3) is 10.1 Å². The Morgan fingerprint density at radius 2 is 1.31 bits per heavy atom. The van der Waals surface area contributed by atoms with E-state index in [9.17, 15) is 23.1 Å². The van der Waals surface area contributed by atoms with E-state index in [-0.39, 0.29) is 88.7 Å². The standard InChI is InChI=1S/C15H24O.C4H6O7S.3Na.H3O4P.3H/c1-2-3-4-5-6-7-8-11-14-12-9-10-13-15(14)16;5-3(6)1-2(4(7)8)12(9,10)11;;;;1-5(2,3)4;;;/h9-10,12-13,16H,2-8,11H2,1H3;2H,1H2,(H,5,6)(H,7,8)(H,9,10,11);;;;(H3,1,2,3,4);;;. The van der Waals surface area contributed by atoms with Crippen molar-refractivity contribution >= 4 is 119 Å². The summed E-state index contributed by atoms with van der Waals surface area (Å²) in [5, 5.41) is 23.5. The summed E-state index contributed by atoms with van der Waals surface area (Å²) in [7, 11) is -9.48. The van der Waals surface area contributed by atoms with E-state index in [1.165, 1.54) is 44.9 Å². The van der Waals surface area contributed by atoms with Crippen LogP contribution in [0, 0.1) is 0 Å². The van der Waals surface area contributed by atoms with Crippen molar-refractivity contribution in [2.45, 2.75) is 70.0 Å². The van der Waals surface area contributed by atoms with Gasteiger partial charge in [0.1, 0.15) is 5.75 Å². The second-order valence-electron chi connectivity index (χ2n) is 6.95. The SMILES string of the molecule is CCCCCCCCCc1ccccc1O.O=C(O)CC(C(=O)O)S(=O)(=O)O.O=P(O)(O)O.[NaH].[NaH].[NaH]. The maximum absolute atomic E-state index is 10.2. The van der Waals surface area contributed by atoms with Gasteiger partial charge in [-0.3, -0.25) is 14.1 Å². The van der Waals surface area contributed by atoms with Crippen LogP contribution in [-0.2, 0) is 30.7 Å². The normalized spacial score (nSPS) is 10.9. The van der Waals surface area contributed by atoms with E-state index in [0.717, 1.165) is 12.0 Å². The van der Waals surface area contributed by atoms with E-state index in [4.69, 9.17) is 34.0 Å². The molecule has 0 aliphatic carbocycles. The number of phenolic OH excluding ortho intramolecular Hbond substituents is 1. The van der Waals surface area contributed by atoms with Gasteiger partial charge >= 0.3 is 108 Å². The number of aliphatic carboxylic acids is 2. The van der Waals surface area contributed by atoms with Crippen LogP contribution in [-0.4, -0.2) is 149 Å². The van der Waals surface area contributed by atoms with E-state index in [1.54, 1.807) is 6.07 Å². The van der Waals surface area contributed by atoms with Gasteiger partial charge in [-0.25, -0.2) is 4.57 Å². The van der Waals surface area contributed by atoms with Crippen molar-refractivity contribution in [3.8, 4) is 5.75 Å². The number of phosphoric acid groups is 1. The first-order chi connectivity index (χ1) is 15.1. The van der Waals surface area contributed by atoms with Crippen molar-refractivity contribution in [1.29, 1.82) is 0 Å². The number of unbranched alkanes of at least 4 members (excludes halogenated alkanes) is 6. The summed E-state index contributed by atoms with van der Waals surface area (Å²) in [6.45, 7) is 2.25. The fourth-order valence-electron chi connectivity index (χ4n) is 2.47. The van der Waals surface area contributed by atoms with Gasteiger partial charge in [0, 0.05) is 0 Å². The van der Waals surface area contributed by atoms with Crippen LogP contribution in [0.5, 0.6) is 5.75 Å². The van der Waals surface area contributed by atoms with E-state index >= 15 is 0 Å². The van der Waals surface area contributed by atoms with Crippen molar-refractivity contribution in [1.82, 2.24) is 0 Å². The minimum atomic E-state index is -4.84. The Labute approximate surface area is 278 Å². The predicted molar refractivity (Wildman–Crippen MR) is 141 cm³/mol. The van der Waals surface area contributed by atoms with Crippen molar-refractivity contribution < 1.29 is 57.1 Å². The quantitative estimate of drug-likeness (QED) is 0.0772. The van der Waals surface area contributed by atoms with E-state index in [2.05, 4.69) is 6.92 Å². The van der Waals surface area contributed by atoms with E-state index < -0.39 is 41.6 Å². The third-order valence-corrected chi connectivity index (χ3v) is 5.12. The number of rotatable bonds is 12. The van der Waals surface area contributed by atoms with Crippen LogP contribution in [0.4, 0.5) is 0 Å². The second-order valence-corrected chi connectivity index (χ2v) is 9.58. The first kappa shape index (κ1) is 46.8. The van der Waals surface area contributed by atoms with Crippen LogP contribution in [0.1, 0.15) is 63.9 Å². The minimum absolute atomic E-state index is 0. The van der Waals surface area contributed by atoms with Gasteiger partial charge in [0.05, 0.1) is 6.42 Å². The number of carboxylic acids is 2. The molecule has 0 fully saturated rings. The van der Waals surface area contributed by atoms with Gasteiger partial charge in [0.15, 0.2) is 5.25 Å². The Kier molecular flexibility index (Phi) is 34.1. The Morgan fingerprint density at radius 3 is 1.64 bits per heavy atom. The zero-order chi connectivity index (χ0) is 26.1. The van der Waals surface area contributed by atoms with Crippen LogP contribution in [0.2, 0.25) is 0 Å². The number of hydrogen-bond donors (Lipinski definition) is 7. The molecule has 1 aromatic carbocycles. The molecular formula is C19H36Na3O12PS. The summed E-state index contributed by atoms with van der Waals surface area (Å²) in [4.78, 5) is 41.6. The molecule has 0 aliphatic rings. The molecule has 198 valence electrons. The van der Waals surface area contributed by atoms with Gasteiger partial charge < -0.3 is 30.0 Å². The van der Waals surface area contributed by atoms with Crippen molar-refractivity contribution in [3.05, 3.63) is 29.8 Å². The van der Waals surface area contributed by atoms with Crippen LogP contribution < -0.4 is 0 Å². The summed E-state index contributed by atoms with van der Waals surface area (Å²) in [5.41, 5.74) is 1.09. The number of carbonyl (C=O) groups is 2. The number of hydrogen-bond acceptors (Lipinski definition) is 6. The number of para-hydroxylation sites is 1. The molecule has 0 spiro atoms. The molecule has 12 nitrogen and oxygen atoms in total. The summed E-state index contributed by atoms with van der Waals surface area (Å²) >= 11 is 0. The van der Waals surface area contributed by atoms with Crippen LogP contribution in [0.15, 0.2) is 24.3 Å². The van der Waals surface area contributed by atoms with E-state index in [0.29, 0.717) is 5.75 Å². The number of benzene rings is 1. The van der Waals surface area contributed by atoms with Gasteiger partial charge in [0.2, 0.25) is 0 Å². The molecule has 36 heavy (non-hydrogen) atoms. The summed E-state index contributed by atoms with van der Waals surface area (Å²) < 4.78 is 37.5.